The Balaban J connectivity index is 1.64. The van der Waals surface area contributed by atoms with Crippen molar-refractivity contribution in [1.82, 2.24) is 4.90 Å². The Bertz CT molecular complexity index is 1200. The zero-order valence-corrected chi connectivity index (χ0v) is 25.3. The summed E-state index contributed by atoms with van der Waals surface area (Å²) in [5.74, 6) is -0.374. The van der Waals surface area contributed by atoms with Crippen molar-refractivity contribution >= 4 is 35.1 Å². The third-order valence-electron chi connectivity index (χ3n) is 9.01. The molecule has 1 fully saturated rings. The van der Waals surface area contributed by atoms with Crippen LogP contribution in [0.25, 0.3) is 0 Å². The van der Waals surface area contributed by atoms with Crippen molar-refractivity contribution in [3.8, 4) is 0 Å². The van der Waals surface area contributed by atoms with Gasteiger partial charge >= 0.3 is 5.97 Å². The molecule has 7 heteroatoms. The van der Waals surface area contributed by atoms with Gasteiger partial charge in [-0.1, -0.05) is 80.7 Å². The van der Waals surface area contributed by atoms with Gasteiger partial charge in [0, 0.05) is 30.6 Å². The van der Waals surface area contributed by atoms with Crippen molar-refractivity contribution in [3.63, 3.8) is 0 Å². The standard InChI is InChI=1S/C32H41Cl2NO4/c1-21(2)26-24(33)18-23-27(28(26)34)29(36)35(16-9-10-17-39-20-22-12-7-6-8-13-22)19-25-31(23,3)14-11-15-32(25,4)30(37)38-5/h6-8,12-13,18,21,25H,9-11,14-17,19-20H2,1-5H3/t25-,31-,32-/m1/s1. The minimum absolute atomic E-state index is 0.0665. The second-order valence-corrected chi connectivity index (χ2v) is 12.7. The van der Waals surface area contributed by atoms with Gasteiger partial charge in [0.25, 0.3) is 5.91 Å². The molecule has 2 aromatic carbocycles. The maximum Gasteiger partial charge on any atom is 0.311 e. The highest BCUT2D eigenvalue weighted by molar-refractivity contribution is 6.38. The van der Waals surface area contributed by atoms with Crippen molar-refractivity contribution in [1.29, 1.82) is 0 Å². The predicted octanol–water partition coefficient (Wildman–Crippen LogP) is 7.81. The highest BCUT2D eigenvalue weighted by Gasteiger charge is 2.57. The zero-order valence-electron chi connectivity index (χ0n) is 23.8. The molecule has 4 rings (SSSR count). The van der Waals surface area contributed by atoms with E-state index in [1.54, 1.807) is 0 Å². The number of unbranched alkanes of at least 4 members (excludes halogenated alkanes) is 1. The molecule has 1 saturated carbocycles. The summed E-state index contributed by atoms with van der Waals surface area (Å²) in [6, 6.07) is 12.1. The molecule has 0 unspecified atom stereocenters. The summed E-state index contributed by atoms with van der Waals surface area (Å²) in [4.78, 5) is 29.4. The third kappa shape index (κ3) is 5.73. The van der Waals surface area contributed by atoms with Crippen molar-refractivity contribution in [3.05, 3.63) is 68.7 Å². The van der Waals surface area contributed by atoms with Crippen LogP contribution < -0.4 is 0 Å². The van der Waals surface area contributed by atoms with Crippen LogP contribution in [0.1, 0.15) is 92.8 Å². The monoisotopic (exact) mass is 573 g/mol. The first kappa shape index (κ1) is 29.9. The molecule has 3 atom stereocenters. The molecule has 1 amide bonds. The molecular weight excluding hydrogens is 533 g/mol. The van der Waals surface area contributed by atoms with Crippen LogP contribution in [0.3, 0.4) is 0 Å². The van der Waals surface area contributed by atoms with Crippen LogP contribution >= 0.6 is 23.2 Å². The van der Waals surface area contributed by atoms with Crippen LogP contribution in [0.4, 0.5) is 0 Å². The Morgan fingerprint density at radius 2 is 1.85 bits per heavy atom. The van der Waals surface area contributed by atoms with Crippen LogP contribution in [-0.4, -0.2) is 43.6 Å². The average Bonchev–Trinajstić information content (AvgIpc) is 2.99. The number of fused-ring (bicyclic) bond motifs is 3. The second kappa shape index (κ2) is 12.2. The lowest BCUT2D eigenvalue weighted by atomic mass is 9.53. The molecule has 2 aromatic rings. The van der Waals surface area contributed by atoms with Gasteiger partial charge < -0.3 is 14.4 Å². The van der Waals surface area contributed by atoms with Crippen LogP contribution in [0.15, 0.2) is 36.4 Å². The maximum absolute atomic E-state index is 14.2. The quantitative estimate of drug-likeness (QED) is 0.227. The van der Waals surface area contributed by atoms with Crippen LogP contribution in [0, 0.1) is 11.3 Å². The number of hydrogen-bond acceptors (Lipinski definition) is 4. The van der Waals surface area contributed by atoms with E-state index in [2.05, 4.69) is 6.92 Å². The Kier molecular flexibility index (Phi) is 9.35. The van der Waals surface area contributed by atoms with Gasteiger partial charge in [0.05, 0.1) is 29.7 Å². The number of ether oxygens (including phenoxy) is 2. The molecule has 0 radical (unpaired) electrons. The average molecular weight is 575 g/mol. The van der Waals surface area contributed by atoms with E-state index in [1.165, 1.54) is 7.11 Å². The van der Waals surface area contributed by atoms with Crippen molar-refractivity contribution < 1.29 is 19.1 Å². The lowest BCUT2D eigenvalue weighted by Gasteiger charge is -2.51. The van der Waals surface area contributed by atoms with Gasteiger partial charge in [0.2, 0.25) is 0 Å². The minimum atomic E-state index is -0.726. The van der Waals surface area contributed by atoms with Crippen molar-refractivity contribution in [2.75, 3.05) is 26.8 Å². The molecule has 212 valence electrons. The Labute approximate surface area is 243 Å². The predicted molar refractivity (Wildman–Crippen MR) is 157 cm³/mol. The number of methoxy groups -OCH3 is 1. The summed E-state index contributed by atoms with van der Waals surface area (Å²) in [5, 5.41) is 1.02. The van der Waals surface area contributed by atoms with Gasteiger partial charge in [0.15, 0.2) is 0 Å². The van der Waals surface area contributed by atoms with E-state index in [4.69, 9.17) is 32.7 Å². The zero-order chi connectivity index (χ0) is 28.4. The van der Waals surface area contributed by atoms with Crippen LogP contribution in [0.2, 0.25) is 10.0 Å². The van der Waals surface area contributed by atoms with Crippen molar-refractivity contribution in [2.24, 2.45) is 11.3 Å². The summed E-state index contributed by atoms with van der Waals surface area (Å²) < 4.78 is 11.2. The summed E-state index contributed by atoms with van der Waals surface area (Å²) in [5.41, 5.74) is 2.17. The number of hydrogen-bond donors (Lipinski definition) is 0. The van der Waals surface area contributed by atoms with E-state index in [9.17, 15) is 9.59 Å². The fraction of sp³-hybridized carbons (Fsp3) is 0.562. The van der Waals surface area contributed by atoms with Gasteiger partial charge in [-0.15, -0.1) is 0 Å². The number of halogens is 2. The second-order valence-electron chi connectivity index (χ2n) is 11.9. The Hall–Kier alpha value is -2.08. The van der Waals surface area contributed by atoms with Gasteiger partial charge in [0.1, 0.15) is 0 Å². The van der Waals surface area contributed by atoms with E-state index < -0.39 is 10.8 Å². The minimum Gasteiger partial charge on any atom is -0.469 e. The maximum atomic E-state index is 14.2. The van der Waals surface area contributed by atoms with E-state index in [1.807, 2.05) is 62.1 Å². The Morgan fingerprint density at radius 3 is 2.51 bits per heavy atom. The summed E-state index contributed by atoms with van der Waals surface area (Å²) >= 11 is 13.8. The van der Waals surface area contributed by atoms with E-state index in [-0.39, 0.29) is 23.7 Å². The number of benzene rings is 2. The lowest BCUT2D eigenvalue weighted by molar-refractivity contribution is -0.161. The fourth-order valence-corrected chi connectivity index (χ4v) is 7.80. The van der Waals surface area contributed by atoms with Crippen LogP contribution in [-0.2, 0) is 26.3 Å². The van der Waals surface area contributed by atoms with Gasteiger partial charge in [-0.3, -0.25) is 9.59 Å². The fourth-order valence-electron chi connectivity index (χ4n) is 6.83. The molecule has 1 aliphatic heterocycles. The lowest BCUT2D eigenvalue weighted by Crippen LogP contribution is -2.54. The number of amides is 1. The number of esters is 1. The highest BCUT2D eigenvalue weighted by Crippen LogP contribution is 2.57. The van der Waals surface area contributed by atoms with Gasteiger partial charge in [-0.25, -0.2) is 0 Å². The molecule has 1 aliphatic carbocycles. The number of carbonyl (C=O) groups is 2. The van der Waals surface area contributed by atoms with E-state index >= 15 is 0 Å². The first-order chi connectivity index (χ1) is 18.5. The molecule has 0 saturated heterocycles. The smallest absolute Gasteiger partial charge is 0.311 e. The molecule has 0 aromatic heterocycles. The molecular formula is C32H41Cl2NO4. The topological polar surface area (TPSA) is 55.8 Å². The van der Waals surface area contributed by atoms with E-state index in [0.29, 0.717) is 41.9 Å². The highest BCUT2D eigenvalue weighted by atomic mass is 35.5. The Morgan fingerprint density at radius 1 is 1.13 bits per heavy atom. The SMILES string of the molecule is COC(=O)[C@]1(C)CCC[C@]2(C)c3cc(Cl)c(C(C)C)c(Cl)c3C(=O)N(CCCCOCc3ccccc3)C[C@@H]12. The molecule has 2 aliphatic rings. The molecule has 0 spiro atoms. The largest absolute Gasteiger partial charge is 0.469 e. The van der Waals surface area contributed by atoms with Crippen molar-refractivity contribution in [2.45, 2.75) is 77.7 Å². The molecule has 1 heterocycles. The van der Waals surface area contributed by atoms with Gasteiger partial charge in [-0.2, -0.15) is 0 Å². The molecule has 0 bridgehead atoms. The first-order valence-corrected chi connectivity index (χ1v) is 14.8. The number of nitrogens with zero attached hydrogens (tertiary/aromatic N) is 1. The normalized spacial score (nSPS) is 24.8. The molecule has 5 nitrogen and oxygen atoms in total. The number of rotatable bonds is 9. The summed E-state index contributed by atoms with van der Waals surface area (Å²) in [7, 11) is 1.45. The summed E-state index contributed by atoms with van der Waals surface area (Å²) in [6.07, 6.45) is 4.03. The molecule has 0 N–H and O–H groups in total. The first-order valence-electron chi connectivity index (χ1n) is 14.1. The number of carbonyl (C=O) groups excluding carboxylic acids is 2. The third-order valence-corrected chi connectivity index (χ3v) is 9.72. The van der Waals surface area contributed by atoms with E-state index in [0.717, 1.165) is 48.8 Å². The van der Waals surface area contributed by atoms with Crippen LogP contribution in [0.5, 0.6) is 0 Å². The molecule has 39 heavy (non-hydrogen) atoms. The summed E-state index contributed by atoms with van der Waals surface area (Å²) in [6.45, 7) is 10.5. The van der Waals surface area contributed by atoms with Gasteiger partial charge in [-0.05, 0) is 66.7 Å².